The van der Waals surface area contributed by atoms with Gasteiger partial charge in [-0.3, -0.25) is 9.78 Å². The summed E-state index contributed by atoms with van der Waals surface area (Å²) in [6, 6.07) is 11.8. The highest BCUT2D eigenvalue weighted by molar-refractivity contribution is 8.76. The largest absolute Gasteiger partial charge is 0.490 e. The van der Waals surface area contributed by atoms with Crippen molar-refractivity contribution >= 4 is 27.6 Å². The molecule has 0 fully saturated rings. The summed E-state index contributed by atoms with van der Waals surface area (Å²) in [5.41, 5.74) is 0. The van der Waals surface area contributed by atoms with Gasteiger partial charge in [0.1, 0.15) is 19.0 Å². The maximum atomic E-state index is 11.5. The van der Waals surface area contributed by atoms with E-state index in [4.69, 9.17) is 9.47 Å². The van der Waals surface area contributed by atoms with E-state index < -0.39 is 0 Å². The van der Waals surface area contributed by atoms with E-state index in [0.29, 0.717) is 6.61 Å². The number of nitrogens with zero attached hydrogens (tertiary/aromatic N) is 1. The summed E-state index contributed by atoms with van der Waals surface area (Å²) in [6.07, 6.45) is 4.36. The third-order valence-electron chi connectivity index (χ3n) is 3.32. The van der Waals surface area contributed by atoms with E-state index in [1.807, 2.05) is 50.2 Å². The monoisotopic (exact) mass is 363 g/mol. The van der Waals surface area contributed by atoms with E-state index in [-0.39, 0.29) is 18.5 Å². The molecule has 1 atom stereocenters. The topological polar surface area (TPSA) is 48.4 Å². The molecular formula is C18H21NO3S2. The van der Waals surface area contributed by atoms with Gasteiger partial charge in [-0.15, -0.1) is 0 Å². The molecule has 0 aliphatic heterocycles. The number of esters is 1. The Labute approximate surface area is 150 Å². The molecule has 1 aromatic carbocycles. The highest BCUT2D eigenvalue weighted by Gasteiger charge is 2.11. The van der Waals surface area contributed by atoms with Crippen molar-refractivity contribution in [3.8, 4) is 5.75 Å². The van der Waals surface area contributed by atoms with Crippen LogP contribution in [0, 0.1) is 5.92 Å². The van der Waals surface area contributed by atoms with Crippen molar-refractivity contribution in [3.63, 3.8) is 0 Å². The molecule has 2 aromatic rings. The number of carbonyl (C=O) groups is 1. The maximum Gasteiger partial charge on any atom is 0.308 e. The first-order chi connectivity index (χ1) is 11.7. The Morgan fingerprint density at radius 2 is 1.67 bits per heavy atom. The lowest BCUT2D eigenvalue weighted by atomic mass is 10.1. The molecule has 24 heavy (non-hydrogen) atoms. The molecule has 0 aliphatic carbocycles. The minimum atomic E-state index is -0.166. The Balaban J connectivity index is 1.69. The lowest BCUT2D eigenvalue weighted by molar-refractivity contribution is -0.148. The average Bonchev–Trinajstić information content (AvgIpc) is 2.64. The molecular weight excluding hydrogens is 342 g/mol. The van der Waals surface area contributed by atoms with Gasteiger partial charge in [0.15, 0.2) is 0 Å². The number of ether oxygens (including phenoxy) is 2. The zero-order valence-electron chi connectivity index (χ0n) is 13.8. The minimum Gasteiger partial charge on any atom is -0.490 e. The molecule has 0 N–H and O–H groups in total. The Hall–Kier alpha value is -1.66. The number of hydrogen-bond acceptors (Lipinski definition) is 6. The van der Waals surface area contributed by atoms with Gasteiger partial charge >= 0.3 is 5.97 Å². The molecule has 1 aromatic heterocycles. The van der Waals surface area contributed by atoms with Crippen LogP contribution in [0.25, 0.3) is 0 Å². The molecule has 0 saturated carbocycles. The van der Waals surface area contributed by atoms with Crippen LogP contribution in [-0.2, 0) is 9.53 Å². The van der Waals surface area contributed by atoms with Crippen LogP contribution < -0.4 is 4.74 Å². The lowest BCUT2D eigenvalue weighted by Gasteiger charge is -2.10. The highest BCUT2D eigenvalue weighted by atomic mass is 33.1. The summed E-state index contributed by atoms with van der Waals surface area (Å²) in [7, 11) is 3.37. The quantitative estimate of drug-likeness (QED) is 0.361. The molecule has 2 rings (SSSR count). The standard InChI is InChI=1S/C18H21NO3S2/c1-3-14(2)18(20)22-13-12-21-15-4-6-16(7-5-15)23-24-17-8-10-19-11-9-17/h4-11,14H,3,12-13H2,1-2H3. The van der Waals surface area contributed by atoms with E-state index in [1.165, 1.54) is 4.90 Å². The van der Waals surface area contributed by atoms with Crippen LogP contribution in [0.3, 0.4) is 0 Å². The molecule has 0 bridgehead atoms. The summed E-state index contributed by atoms with van der Waals surface area (Å²) in [5, 5.41) is 0. The van der Waals surface area contributed by atoms with Gasteiger partial charge in [0.05, 0.1) is 5.92 Å². The van der Waals surface area contributed by atoms with Gasteiger partial charge in [-0.1, -0.05) is 35.4 Å². The van der Waals surface area contributed by atoms with Crippen LogP contribution in [0.5, 0.6) is 5.75 Å². The maximum absolute atomic E-state index is 11.5. The normalized spacial score (nSPS) is 11.8. The predicted octanol–water partition coefficient (Wildman–Crippen LogP) is 4.85. The molecule has 128 valence electrons. The summed E-state index contributed by atoms with van der Waals surface area (Å²) in [6.45, 7) is 4.47. The average molecular weight is 364 g/mol. The summed E-state index contributed by atoms with van der Waals surface area (Å²) < 4.78 is 10.7. The van der Waals surface area contributed by atoms with Crippen LogP contribution in [-0.4, -0.2) is 24.2 Å². The Morgan fingerprint density at radius 3 is 2.29 bits per heavy atom. The van der Waals surface area contributed by atoms with Gasteiger partial charge in [0.2, 0.25) is 0 Å². The second kappa shape index (κ2) is 10.3. The van der Waals surface area contributed by atoms with E-state index in [1.54, 1.807) is 34.0 Å². The van der Waals surface area contributed by atoms with Gasteiger partial charge in [-0.25, -0.2) is 0 Å². The third kappa shape index (κ3) is 6.45. The molecule has 4 nitrogen and oxygen atoms in total. The first-order valence-corrected chi connectivity index (χ1v) is 9.98. The van der Waals surface area contributed by atoms with Crippen molar-refractivity contribution in [2.24, 2.45) is 5.92 Å². The summed E-state index contributed by atoms with van der Waals surface area (Å²) >= 11 is 0. The molecule has 0 spiro atoms. The van der Waals surface area contributed by atoms with E-state index in [9.17, 15) is 4.79 Å². The molecule has 0 radical (unpaired) electrons. The van der Waals surface area contributed by atoms with Crippen LogP contribution in [0.2, 0.25) is 0 Å². The second-order valence-corrected chi connectivity index (χ2v) is 7.42. The number of hydrogen-bond donors (Lipinski definition) is 0. The van der Waals surface area contributed by atoms with E-state index in [2.05, 4.69) is 4.98 Å². The van der Waals surface area contributed by atoms with Gasteiger partial charge < -0.3 is 9.47 Å². The summed E-state index contributed by atoms with van der Waals surface area (Å²) in [4.78, 5) is 17.8. The van der Waals surface area contributed by atoms with E-state index >= 15 is 0 Å². The van der Waals surface area contributed by atoms with Crippen molar-refractivity contribution in [2.75, 3.05) is 13.2 Å². The second-order valence-electron chi connectivity index (χ2n) is 5.15. The van der Waals surface area contributed by atoms with Gasteiger partial charge in [0, 0.05) is 22.2 Å². The Morgan fingerprint density at radius 1 is 1.04 bits per heavy atom. The van der Waals surface area contributed by atoms with Gasteiger partial charge in [0.25, 0.3) is 0 Å². The van der Waals surface area contributed by atoms with Crippen molar-refractivity contribution < 1.29 is 14.3 Å². The van der Waals surface area contributed by atoms with Crippen LogP contribution in [0.4, 0.5) is 0 Å². The molecule has 1 heterocycles. The van der Waals surface area contributed by atoms with Gasteiger partial charge in [-0.2, -0.15) is 0 Å². The predicted molar refractivity (Wildman–Crippen MR) is 98.3 cm³/mol. The molecule has 0 amide bonds. The fourth-order valence-electron chi connectivity index (χ4n) is 1.69. The van der Waals surface area contributed by atoms with Crippen molar-refractivity contribution in [2.45, 2.75) is 30.1 Å². The van der Waals surface area contributed by atoms with Crippen molar-refractivity contribution in [3.05, 3.63) is 48.8 Å². The fourth-order valence-corrected chi connectivity index (χ4v) is 3.61. The SMILES string of the molecule is CCC(C)C(=O)OCCOc1ccc(SSc2ccncc2)cc1. The molecule has 0 saturated heterocycles. The number of benzene rings is 1. The number of carbonyl (C=O) groups excluding carboxylic acids is 1. The first kappa shape index (κ1) is 18.7. The number of pyridine rings is 1. The highest BCUT2D eigenvalue weighted by Crippen LogP contribution is 2.37. The van der Waals surface area contributed by atoms with Crippen molar-refractivity contribution in [1.82, 2.24) is 4.98 Å². The fraction of sp³-hybridized carbons (Fsp3) is 0.333. The lowest BCUT2D eigenvalue weighted by Crippen LogP contribution is -2.17. The molecule has 6 heteroatoms. The first-order valence-electron chi connectivity index (χ1n) is 7.83. The zero-order valence-corrected chi connectivity index (χ0v) is 15.4. The zero-order chi connectivity index (χ0) is 17.2. The van der Waals surface area contributed by atoms with Gasteiger partial charge in [-0.05, 0) is 42.8 Å². The van der Waals surface area contributed by atoms with Crippen LogP contribution in [0.1, 0.15) is 20.3 Å². The number of aromatic nitrogens is 1. The Bertz CT molecular complexity index is 620. The minimum absolute atomic E-state index is 0.0563. The molecule has 1 unspecified atom stereocenters. The third-order valence-corrected chi connectivity index (χ3v) is 5.74. The Kier molecular flexibility index (Phi) is 7.98. The van der Waals surface area contributed by atoms with Crippen LogP contribution >= 0.6 is 21.6 Å². The van der Waals surface area contributed by atoms with Crippen LogP contribution in [0.15, 0.2) is 58.6 Å². The number of rotatable bonds is 9. The molecule has 0 aliphatic rings. The summed E-state index contributed by atoms with van der Waals surface area (Å²) in [5.74, 6) is 0.549. The smallest absolute Gasteiger partial charge is 0.308 e. The van der Waals surface area contributed by atoms with Crippen molar-refractivity contribution in [1.29, 1.82) is 0 Å². The van der Waals surface area contributed by atoms with E-state index in [0.717, 1.165) is 17.1 Å².